The lowest BCUT2D eigenvalue weighted by molar-refractivity contribution is -0.145. The SMILES string of the molecule is NC(=O)[C@]1(O)CCCC1O. The molecular formula is C6H11NO3. The summed E-state index contributed by atoms with van der Waals surface area (Å²) in [5.74, 6) is -0.822. The van der Waals surface area contributed by atoms with Gasteiger partial charge < -0.3 is 15.9 Å². The molecule has 0 saturated heterocycles. The molecule has 0 spiro atoms. The van der Waals surface area contributed by atoms with Crippen molar-refractivity contribution in [2.45, 2.75) is 31.0 Å². The van der Waals surface area contributed by atoms with Crippen molar-refractivity contribution in [1.82, 2.24) is 0 Å². The van der Waals surface area contributed by atoms with Crippen molar-refractivity contribution in [3.63, 3.8) is 0 Å². The summed E-state index contributed by atoms with van der Waals surface area (Å²) in [7, 11) is 0. The molecule has 10 heavy (non-hydrogen) atoms. The summed E-state index contributed by atoms with van der Waals surface area (Å²) >= 11 is 0. The Labute approximate surface area is 58.6 Å². The van der Waals surface area contributed by atoms with Crippen LogP contribution in [0.1, 0.15) is 19.3 Å². The van der Waals surface area contributed by atoms with E-state index < -0.39 is 17.6 Å². The number of hydrogen-bond donors (Lipinski definition) is 3. The highest BCUT2D eigenvalue weighted by atomic mass is 16.4. The maximum atomic E-state index is 10.5. The van der Waals surface area contributed by atoms with Gasteiger partial charge in [0.1, 0.15) is 0 Å². The Hall–Kier alpha value is -0.610. The number of hydrogen-bond acceptors (Lipinski definition) is 3. The van der Waals surface area contributed by atoms with Crippen LogP contribution in [0, 0.1) is 0 Å². The van der Waals surface area contributed by atoms with Crippen molar-refractivity contribution in [3.8, 4) is 0 Å². The Kier molecular flexibility index (Phi) is 1.66. The summed E-state index contributed by atoms with van der Waals surface area (Å²) < 4.78 is 0. The fourth-order valence-electron chi connectivity index (χ4n) is 1.26. The van der Waals surface area contributed by atoms with Crippen LogP contribution >= 0.6 is 0 Å². The molecule has 4 heteroatoms. The maximum Gasteiger partial charge on any atom is 0.252 e. The van der Waals surface area contributed by atoms with Crippen LogP contribution in [0.5, 0.6) is 0 Å². The van der Waals surface area contributed by atoms with E-state index in [-0.39, 0.29) is 6.42 Å². The average molecular weight is 145 g/mol. The van der Waals surface area contributed by atoms with Crippen LogP contribution in [0.25, 0.3) is 0 Å². The Balaban J connectivity index is 2.75. The van der Waals surface area contributed by atoms with Gasteiger partial charge in [0, 0.05) is 0 Å². The van der Waals surface area contributed by atoms with Gasteiger partial charge >= 0.3 is 0 Å². The molecule has 1 aliphatic rings. The molecule has 4 nitrogen and oxygen atoms in total. The van der Waals surface area contributed by atoms with Gasteiger partial charge in [-0.05, 0) is 19.3 Å². The first kappa shape index (κ1) is 7.50. The van der Waals surface area contributed by atoms with Crippen molar-refractivity contribution in [3.05, 3.63) is 0 Å². The van der Waals surface area contributed by atoms with Crippen LogP contribution in [-0.2, 0) is 4.79 Å². The number of aliphatic hydroxyl groups is 2. The van der Waals surface area contributed by atoms with E-state index in [2.05, 4.69) is 0 Å². The quantitative estimate of drug-likeness (QED) is 0.431. The third-order valence-electron chi connectivity index (χ3n) is 2.01. The normalized spacial score (nSPS) is 40.0. The van der Waals surface area contributed by atoms with Gasteiger partial charge in [0.05, 0.1) is 6.10 Å². The second kappa shape index (κ2) is 2.21. The number of primary amides is 1. The summed E-state index contributed by atoms with van der Waals surface area (Å²) in [6, 6.07) is 0. The van der Waals surface area contributed by atoms with Gasteiger partial charge in [-0.25, -0.2) is 0 Å². The minimum absolute atomic E-state index is 0.281. The maximum absolute atomic E-state index is 10.5. The minimum Gasteiger partial charge on any atom is -0.390 e. The molecule has 1 amide bonds. The van der Waals surface area contributed by atoms with Gasteiger partial charge in [0.25, 0.3) is 5.91 Å². The lowest BCUT2D eigenvalue weighted by Crippen LogP contribution is -2.49. The molecule has 1 rings (SSSR count). The number of nitrogens with two attached hydrogens (primary N) is 1. The first-order valence-electron chi connectivity index (χ1n) is 3.28. The Morgan fingerprint density at radius 3 is 2.50 bits per heavy atom. The second-order valence-corrected chi connectivity index (χ2v) is 2.70. The van der Waals surface area contributed by atoms with E-state index in [1.54, 1.807) is 0 Å². The zero-order valence-corrected chi connectivity index (χ0v) is 5.58. The van der Waals surface area contributed by atoms with Crippen molar-refractivity contribution < 1.29 is 15.0 Å². The molecular weight excluding hydrogens is 134 g/mol. The summed E-state index contributed by atoms with van der Waals surface area (Å²) in [6.45, 7) is 0. The van der Waals surface area contributed by atoms with Gasteiger partial charge in [-0.3, -0.25) is 4.79 Å². The molecule has 0 heterocycles. The van der Waals surface area contributed by atoms with Crippen LogP contribution in [0.3, 0.4) is 0 Å². The minimum atomic E-state index is -1.65. The first-order valence-corrected chi connectivity index (χ1v) is 3.28. The summed E-state index contributed by atoms with van der Waals surface area (Å²) in [5.41, 5.74) is 3.22. The third kappa shape index (κ3) is 0.892. The Morgan fingerprint density at radius 2 is 2.30 bits per heavy atom. The average Bonchev–Trinajstić information content (AvgIpc) is 2.15. The van der Waals surface area contributed by atoms with E-state index in [0.29, 0.717) is 12.8 Å². The van der Waals surface area contributed by atoms with Crippen LogP contribution in [0.2, 0.25) is 0 Å². The molecule has 0 aromatic heterocycles. The smallest absolute Gasteiger partial charge is 0.252 e. The van der Waals surface area contributed by atoms with E-state index in [4.69, 9.17) is 10.8 Å². The first-order chi connectivity index (χ1) is 4.57. The molecule has 0 aromatic carbocycles. The van der Waals surface area contributed by atoms with Gasteiger partial charge in [-0.1, -0.05) is 0 Å². The summed E-state index contributed by atoms with van der Waals surface area (Å²) in [4.78, 5) is 10.5. The zero-order chi connectivity index (χ0) is 7.78. The number of carbonyl (C=O) groups is 1. The Bertz CT molecular complexity index is 159. The van der Waals surface area contributed by atoms with Crippen molar-refractivity contribution >= 4 is 5.91 Å². The van der Waals surface area contributed by atoms with Gasteiger partial charge in [0.15, 0.2) is 5.60 Å². The van der Waals surface area contributed by atoms with Gasteiger partial charge in [-0.2, -0.15) is 0 Å². The molecule has 0 bridgehead atoms. The van der Waals surface area contributed by atoms with Crippen LogP contribution in [0.4, 0.5) is 0 Å². The molecule has 58 valence electrons. The van der Waals surface area contributed by atoms with Gasteiger partial charge in [0.2, 0.25) is 0 Å². The largest absolute Gasteiger partial charge is 0.390 e. The lowest BCUT2D eigenvalue weighted by atomic mass is 10.00. The highest BCUT2D eigenvalue weighted by Crippen LogP contribution is 2.29. The van der Waals surface area contributed by atoms with Crippen LogP contribution in [-0.4, -0.2) is 27.8 Å². The van der Waals surface area contributed by atoms with E-state index in [1.807, 2.05) is 0 Å². The zero-order valence-electron chi connectivity index (χ0n) is 5.58. The monoisotopic (exact) mass is 145 g/mol. The topological polar surface area (TPSA) is 83.6 Å². The molecule has 1 aliphatic carbocycles. The Morgan fingerprint density at radius 1 is 1.70 bits per heavy atom. The molecule has 0 radical (unpaired) electrons. The number of aliphatic hydroxyl groups excluding tert-OH is 1. The van der Waals surface area contributed by atoms with E-state index in [9.17, 15) is 9.90 Å². The second-order valence-electron chi connectivity index (χ2n) is 2.70. The van der Waals surface area contributed by atoms with Gasteiger partial charge in [-0.15, -0.1) is 0 Å². The van der Waals surface area contributed by atoms with E-state index >= 15 is 0 Å². The number of rotatable bonds is 1. The van der Waals surface area contributed by atoms with Crippen molar-refractivity contribution in [1.29, 1.82) is 0 Å². The lowest BCUT2D eigenvalue weighted by Gasteiger charge is -2.21. The predicted octanol–water partition coefficient (Wildman–Crippen LogP) is -1.25. The molecule has 4 N–H and O–H groups in total. The fraction of sp³-hybridized carbons (Fsp3) is 0.833. The molecule has 0 aliphatic heterocycles. The number of amides is 1. The highest BCUT2D eigenvalue weighted by molar-refractivity contribution is 5.84. The van der Waals surface area contributed by atoms with Crippen LogP contribution in [0.15, 0.2) is 0 Å². The summed E-state index contributed by atoms with van der Waals surface area (Å²) in [5, 5.41) is 18.4. The van der Waals surface area contributed by atoms with Crippen molar-refractivity contribution in [2.75, 3.05) is 0 Å². The highest BCUT2D eigenvalue weighted by Gasteiger charge is 2.45. The molecule has 2 atom stereocenters. The molecule has 1 saturated carbocycles. The number of carbonyl (C=O) groups excluding carboxylic acids is 1. The summed E-state index contributed by atoms with van der Waals surface area (Å²) in [6.07, 6.45) is 0.425. The molecule has 1 unspecified atom stereocenters. The third-order valence-corrected chi connectivity index (χ3v) is 2.01. The predicted molar refractivity (Wildman–Crippen MR) is 34.0 cm³/mol. The van der Waals surface area contributed by atoms with E-state index in [1.165, 1.54) is 0 Å². The standard InChI is InChI=1S/C6H11NO3/c7-5(9)6(10)3-1-2-4(6)8/h4,8,10H,1-3H2,(H2,7,9)/t4?,6-/m0/s1. The van der Waals surface area contributed by atoms with Crippen molar-refractivity contribution in [2.24, 2.45) is 5.73 Å². The van der Waals surface area contributed by atoms with Crippen LogP contribution < -0.4 is 5.73 Å². The molecule has 0 aromatic rings. The molecule has 1 fully saturated rings. The van der Waals surface area contributed by atoms with E-state index in [0.717, 1.165) is 0 Å². The fourth-order valence-corrected chi connectivity index (χ4v) is 1.26.